The molecule has 0 saturated carbocycles. The molecular formula is C23H19ClN5O3+. The van der Waals surface area contributed by atoms with Gasteiger partial charge in [0.1, 0.15) is 5.75 Å². The van der Waals surface area contributed by atoms with Crippen LogP contribution in [0.25, 0.3) is 0 Å². The maximum absolute atomic E-state index is 13.4. The molecule has 1 fully saturated rings. The first-order valence-corrected chi connectivity index (χ1v) is 10.3. The lowest BCUT2D eigenvalue weighted by Crippen LogP contribution is -2.56. The van der Waals surface area contributed by atoms with E-state index in [1.807, 2.05) is 30.3 Å². The molecule has 0 bridgehead atoms. The number of methoxy groups -OCH3 is 1. The number of nitrogens with zero attached hydrogens (tertiary/aromatic N) is 3. The van der Waals surface area contributed by atoms with Gasteiger partial charge in [-0.3, -0.25) is 10.1 Å². The molecule has 2 amide bonds. The van der Waals surface area contributed by atoms with E-state index in [1.165, 1.54) is 9.80 Å². The molecule has 2 aliphatic heterocycles. The Hall–Kier alpha value is -3.75. The van der Waals surface area contributed by atoms with Gasteiger partial charge in [-0.2, -0.15) is 5.43 Å². The lowest BCUT2D eigenvalue weighted by atomic mass is 10.0. The number of amides is 2. The number of fused-ring (bicyclic) bond motifs is 2. The second kappa shape index (κ2) is 8.07. The molecule has 2 heterocycles. The van der Waals surface area contributed by atoms with Crippen molar-refractivity contribution in [2.24, 2.45) is 4.99 Å². The fourth-order valence-electron chi connectivity index (χ4n) is 3.76. The molecule has 0 spiro atoms. The summed E-state index contributed by atoms with van der Waals surface area (Å²) >= 11 is 6.20. The molecule has 2 atom stereocenters. The number of aliphatic imine (C=N–C) groups is 1. The maximum atomic E-state index is 13.4. The number of benzene rings is 2. The third-order valence-electron chi connectivity index (χ3n) is 5.35. The number of hydrogen-bond donors (Lipinski definition) is 2. The number of ether oxygens (including phenoxy) is 1. The zero-order valence-corrected chi connectivity index (χ0v) is 17.8. The summed E-state index contributed by atoms with van der Waals surface area (Å²) in [6.45, 7) is 0. The van der Waals surface area contributed by atoms with Gasteiger partial charge < -0.3 is 4.74 Å². The first kappa shape index (κ1) is 20.2. The molecule has 3 aliphatic rings. The number of hydrazine groups is 2. The maximum Gasteiger partial charge on any atom is 0.440 e. The summed E-state index contributed by atoms with van der Waals surface area (Å²) in [5.41, 5.74) is 5.00. The van der Waals surface area contributed by atoms with Crippen LogP contribution in [0.4, 0.5) is 0 Å². The van der Waals surface area contributed by atoms with E-state index in [9.17, 15) is 9.59 Å². The lowest BCUT2D eigenvalue weighted by molar-refractivity contribution is -0.588. The summed E-state index contributed by atoms with van der Waals surface area (Å²) in [6, 6.07) is 15.0. The number of rotatable bonds is 3. The van der Waals surface area contributed by atoms with Gasteiger partial charge >= 0.3 is 5.91 Å². The molecular weight excluding hydrogens is 430 g/mol. The Kier molecular flexibility index (Phi) is 5.08. The molecule has 2 unspecified atom stereocenters. The van der Waals surface area contributed by atoms with E-state index >= 15 is 0 Å². The van der Waals surface area contributed by atoms with E-state index in [0.29, 0.717) is 22.1 Å². The second-order valence-corrected chi connectivity index (χ2v) is 7.76. The lowest BCUT2D eigenvalue weighted by Gasteiger charge is -2.23. The minimum atomic E-state index is -0.636. The Labute approximate surface area is 189 Å². The fourth-order valence-corrected chi connectivity index (χ4v) is 3.94. The Bertz CT molecular complexity index is 1220. The molecule has 160 valence electrons. The van der Waals surface area contributed by atoms with E-state index in [2.05, 4.69) is 15.7 Å². The highest BCUT2D eigenvalue weighted by atomic mass is 35.5. The quantitative estimate of drug-likeness (QED) is 0.704. The van der Waals surface area contributed by atoms with Crippen LogP contribution in [0.3, 0.4) is 0 Å². The van der Waals surface area contributed by atoms with Crippen molar-refractivity contribution in [1.29, 1.82) is 0 Å². The van der Waals surface area contributed by atoms with E-state index in [-0.39, 0.29) is 17.8 Å². The highest BCUT2D eigenvalue weighted by Crippen LogP contribution is 2.26. The molecule has 8 nitrogen and oxygen atoms in total. The Morgan fingerprint density at radius 2 is 1.94 bits per heavy atom. The van der Waals surface area contributed by atoms with Crippen LogP contribution in [0.2, 0.25) is 0 Å². The normalized spacial score (nSPS) is 21.6. The largest absolute Gasteiger partial charge is 0.497 e. The molecule has 0 radical (unpaired) electrons. The van der Waals surface area contributed by atoms with Crippen LogP contribution in [0.15, 0.2) is 82.9 Å². The topological polar surface area (TPSA) is 86.0 Å². The van der Waals surface area contributed by atoms with Crippen molar-refractivity contribution in [1.82, 2.24) is 15.9 Å². The van der Waals surface area contributed by atoms with Gasteiger partial charge in [-0.25, -0.2) is 9.79 Å². The van der Waals surface area contributed by atoms with Crippen molar-refractivity contribution in [3.05, 3.63) is 89.0 Å². The molecule has 32 heavy (non-hydrogen) atoms. The molecule has 2 N–H and O–H groups in total. The van der Waals surface area contributed by atoms with Crippen molar-refractivity contribution in [3.63, 3.8) is 0 Å². The number of hydrogen-bond acceptors (Lipinski definition) is 6. The molecule has 1 saturated heterocycles. The Morgan fingerprint density at radius 1 is 1.19 bits per heavy atom. The summed E-state index contributed by atoms with van der Waals surface area (Å²) in [5, 5.41) is 4.78. The number of nitrogens with one attached hydrogen (secondary N) is 2. The first-order valence-electron chi connectivity index (χ1n) is 9.96. The van der Waals surface area contributed by atoms with Gasteiger partial charge in [0.15, 0.2) is 12.1 Å². The highest BCUT2D eigenvalue weighted by molar-refractivity contribution is 6.33. The van der Waals surface area contributed by atoms with Crippen molar-refractivity contribution in [3.8, 4) is 5.75 Å². The number of halogens is 1. The average Bonchev–Trinajstić information content (AvgIpc) is 3.18. The van der Waals surface area contributed by atoms with Gasteiger partial charge in [0.25, 0.3) is 11.9 Å². The van der Waals surface area contributed by atoms with Crippen molar-refractivity contribution < 1.29 is 19.0 Å². The van der Waals surface area contributed by atoms with Crippen molar-refractivity contribution in [2.75, 3.05) is 7.11 Å². The first-order chi connectivity index (χ1) is 15.5. The Morgan fingerprint density at radius 3 is 2.66 bits per heavy atom. The number of allylic oxidation sites excluding steroid dienone is 2. The van der Waals surface area contributed by atoms with Crippen LogP contribution in [0.1, 0.15) is 22.0 Å². The van der Waals surface area contributed by atoms with E-state index in [1.54, 1.807) is 49.6 Å². The standard InChI is InChI=1S/C23H18ClN5O3/c1-32-17-10-7-15(8-11-17)21(30)26-23-25-18-12-9-16(24)13-19(18)28-22(31)20(27-29(23)28)14-5-3-2-4-6-14/h2-13,18,20,27H,1H3/p+1. The molecule has 5 rings (SSSR count). The van der Waals surface area contributed by atoms with Gasteiger partial charge in [-0.05, 0) is 51.8 Å². The van der Waals surface area contributed by atoms with Crippen LogP contribution in [0, 0.1) is 0 Å². The Balaban J connectivity index is 1.50. The summed E-state index contributed by atoms with van der Waals surface area (Å²) in [6.07, 6.45) is 5.22. The number of carbonyl (C=O) groups is 2. The van der Waals surface area contributed by atoms with Crippen LogP contribution in [-0.4, -0.2) is 46.4 Å². The molecule has 9 heteroatoms. The van der Waals surface area contributed by atoms with Crippen molar-refractivity contribution >= 4 is 35.1 Å². The monoisotopic (exact) mass is 448 g/mol. The smallest absolute Gasteiger partial charge is 0.440 e. The van der Waals surface area contributed by atoms with Crippen LogP contribution in [0.5, 0.6) is 5.75 Å². The number of carbonyl (C=O) groups excluding carboxylic acids is 2. The van der Waals surface area contributed by atoms with Crippen molar-refractivity contribution in [2.45, 2.75) is 12.1 Å². The summed E-state index contributed by atoms with van der Waals surface area (Å²) in [7, 11) is 1.56. The second-order valence-electron chi connectivity index (χ2n) is 7.33. The summed E-state index contributed by atoms with van der Waals surface area (Å²) in [4.78, 5) is 30.9. The number of guanidine groups is 1. The molecule has 2 aromatic rings. The predicted molar refractivity (Wildman–Crippen MR) is 119 cm³/mol. The summed E-state index contributed by atoms with van der Waals surface area (Å²) in [5.74, 6) is 0.303. The van der Waals surface area contributed by atoms with E-state index < -0.39 is 12.1 Å². The van der Waals surface area contributed by atoms with Gasteiger partial charge in [0.05, 0.1) is 7.11 Å². The summed E-state index contributed by atoms with van der Waals surface area (Å²) < 4.78 is 6.62. The third kappa shape index (κ3) is 3.49. The molecule has 0 aromatic heterocycles. The minimum absolute atomic E-state index is 0.196. The predicted octanol–water partition coefficient (Wildman–Crippen LogP) is 2.31. The minimum Gasteiger partial charge on any atom is -0.497 e. The van der Waals surface area contributed by atoms with Gasteiger partial charge in [0.2, 0.25) is 5.71 Å². The highest BCUT2D eigenvalue weighted by Gasteiger charge is 2.52. The third-order valence-corrected chi connectivity index (χ3v) is 5.59. The number of hydrazone groups is 1. The average molecular weight is 449 g/mol. The SMILES string of the molecule is COc1ccc(C(=O)NC2=NC3C=CC(Cl)=CC3=[N+]3C(=O)C(c4ccccc4)NN23)cc1. The van der Waals surface area contributed by atoms with E-state index in [4.69, 9.17) is 16.3 Å². The molecule has 2 aromatic carbocycles. The van der Waals surface area contributed by atoms with Crippen LogP contribution in [-0.2, 0) is 4.79 Å². The zero-order valence-electron chi connectivity index (χ0n) is 17.0. The van der Waals surface area contributed by atoms with E-state index in [0.717, 1.165) is 5.56 Å². The van der Waals surface area contributed by atoms with Crippen LogP contribution >= 0.6 is 11.6 Å². The van der Waals surface area contributed by atoms with Gasteiger partial charge in [0, 0.05) is 16.7 Å². The molecule has 1 aliphatic carbocycles. The van der Waals surface area contributed by atoms with Crippen LogP contribution < -0.4 is 15.5 Å². The fraction of sp³-hybridized carbons (Fsp3) is 0.130. The zero-order chi connectivity index (χ0) is 22.2. The van der Waals surface area contributed by atoms with Gasteiger partial charge in [-0.15, -0.1) is 0 Å². The van der Waals surface area contributed by atoms with Gasteiger partial charge in [-0.1, -0.05) is 41.9 Å².